The topological polar surface area (TPSA) is 65.9 Å². The fraction of sp³-hybridized carbons (Fsp3) is 0.586. The molecule has 0 saturated carbocycles. The van der Waals surface area contributed by atoms with Gasteiger partial charge in [-0.05, 0) is 82.2 Å². The number of pyridine rings is 1. The summed E-state index contributed by atoms with van der Waals surface area (Å²) in [4.78, 5) is 24.3. The second-order valence-electron chi connectivity index (χ2n) is 10.4. The summed E-state index contributed by atoms with van der Waals surface area (Å²) in [5, 5.41) is 11.2. The summed E-state index contributed by atoms with van der Waals surface area (Å²) in [7, 11) is 0. The highest BCUT2D eigenvalue weighted by atomic mass is 32.2. The Balaban J connectivity index is 1.46. The number of ether oxygens (including phenoxy) is 1. The Kier molecular flexibility index (Phi) is 8.50. The van der Waals surface area contributed by atoms with Gasteiger partial charge in [-0.25, -0.2) is 4.98 Å². The van der Waals surface area contributed by atoms with Crippen molar-refractivity contribution in [1.82, 2.24) is 9.88 Å². The maximum absolute atomic E-state index is 13.6. The largest absolute Gasteiger partial charge is 0.393 e. The number of thioether (sulfide) groups is 1. The summed E-state index contributed by atoms with van der Waals surface area (Å²) in [6.07, 6.45) is 12.9. The number of rotatable bonds is 8. The van der Waals surface area contributed by atoms with Gasteiger partial charge in [0.2, 0.25) is 0 Å². The van der Waals surface area contributed by atoms with Crippen molar-refractivity contribution < 1.29 is 14.6 Å². The molecular formula is C29H39N3O3S. The normalized spacial score (nSPS) is 21.1. The fourth-order valence-electron chi connectivity index (χ4n) is 5.63. The smallest absolute Gasteiger partial charge is 0.252 e. The highest BCUT2D eigenvalue weighted by molar-refractivity contribution is 7.98. The van der Waals surface area contributed by atoms with Crippen molar-refractivity contribution in [2.24, 2.45) is 0 Å². The van der Waals surface area contributed by atoms with E-state index in [1.165, 1.54) is 23.3 Å². The van der Waals surface area contributed by atoms with Crippen LogP contribution in [0.1, 0.15) is 63.4 Å². The summed E-state index contributed by atoms with van der Waals surface area (Å²) >= 11 is 1.72. The van der Waals surface area contributed by atoms with Crippen LogP contribution < -0.4 is 4.90 Å². The lowest BCUT2D eigenvalue weighted by molar-refractivity contribution is -0.141. The van der Waals surface area contributed by atoms with Crippen molar-refractivity contribution in [3.05, 3.63) is 41.5 Å². The van der Waals surface area contributed by atoms with Gasteiger partial charge in [-0.1, -0.05) is 17.7 Å². The summed E-state index contributed by atoms with van der Waals surface area (Å²) in [6, 6.07) is 8.65. The standard InChI is InChI=1S/C29H39N3O3S/c1-36-25-10-9-22-18-23(28(30-26(22)19-25)31-15-12-24(33)13-16-31)20-32(29(34)27-8-5-17-35-27)14-11-21-6-3-2-4-7-21/h6,9-10,18-19,24,27,33H,2-5,7-8,11-17,20H2,1H3. The van der Waals surface area contributed by atoms with Gasteiger partial charge in [0.25, 0.3) is 5.91 Å². The first-order valence-corrected chi connectivity index (χ1v) is 14.8. The molecule has 1 aromatic carbocycles. The molecule has 194 valence electrons. The molecule has 2 fully saturated rings. The predicted molar refractivity (Wildman–Crippen MR) is 147 cm³/mol. The number of anilines is 1. The lowest BCUT2D eigenvalue weighted by atomic mass is 9.97. The van der Waals surface area contributed by atoms with Crippen molar-refractivity contribution >= 4 is 34.4 Å². The van der Waals surface area contributed by atoms with Gasteiger partial charge in [0, 0.05) is 48.6 Å². The summed E-state index contributed by atoms with van der Waals surface area (Å²) in [5.74, 6) is 1.07. The molecule has 1 aliphatic carbocycles. The second kappa shape index (κ2) is 12.0. The SMILES string of the molecule is CSc1ccc2cc(CN(CCC3=CCCCC3)C(=O)C3CCCO3)c(N3CCC(O)CC3)nc2c1. The molecule has 3 aliphatic rings. The lowest BCUT2D eigenvalue weighted by Gasteiger charge is -2.33. The van der Waals surface area contributed by atoms with Gasteiger partial charge in [-0.3, -0.25) is 4.79 Å². The molecule has 5 rings (SSSR count). The van der Waals surface area contributed by atoms with E-state index in [-0.39, 0.29) is 18.1 Å². The number of benzene rings is 1. The molecule has 36 heavy (non-hydrogen) atoms. The van der Waals surface area contributed by atoms with Gasteiger partial charge < -0.3 is 19.6 Å². The number of carbonyl (C=O) groups is 1. The van der Waals surface area contributed by atoms with Crippen molar-refractivity contribution in [1.29, 1.82) is 0 Å². The first-order chi connectivity index (χ1) is 17.6. The van der Waals surface area contributed by atoms with Crippen molar-refractivity contribution in [2.75, 3.05) is 37.4 Å². The molecule has 1 unspecified atom stereocenters. The molecule has 1 atom stereocenters. The maximum atomic E-state index is 13.6. The Labute approximate surface area is 219 Å². The molecule has 0 spiro atoms. The zero-order valence-electron chi connectivity index (χ0n) is 21.5. The van der Waals surface area contributed by atoms with Crippen LogP contribution in [0.3, 0.4) is 0 Å². The van der Waals surface area contributed by atoms with E-state index in [0.717, 1.165) is 80.3 Å². The fourth-order valence-corrected chi connectivity index (χ4v) is 6.07. The van der Waals surface area contributed by atoms with E-state index >= 15 is 0 Å². The zero-order valence-corrected chi connectivity index (χ0v) is 22.3. The van der Waals surface area contributed by atoms with E-state index in [4.69, 9.17) is 9.72 Å². The molecule has 3 heterocycles. The van der Waals surface area contributed by atoms with Crippen LogP contribution in [0.4, 0.5) is 5.82 Å². The van der Waals surface area contributed by atoms with E-state index in [1.54, 1.807) is 11.8 Å². The van der Waals surface area contributed by atoms with Gasteiger partial charge in [0.05, 0.1) is 11.6 Å². The van der Waals surface area contributed by atoms with Crippen molar-refractivity contribution in [3.63, 3.8) is 0 Å². The summed E-state index contributed by atoms with van der Waals surface area (Å²) in [5.41, 5.74) is 3.55. The van der Waals surface area contributed by atoms with Gasteiger partial charge in [-0.2, -0.15) is 0 Å². The number of hydrogen-bond donors (Lipinski definition) is 1. The minimum absolute atomic E-state index is 0.113. The number of aromatic nitrogens is 1. The average molecular weight is 510 g/mol. The predicted octanol–water partition coefficient (Wildman–Crippen LogP) is 5.32. The summed E-state index contributed by atoms with van der Waals surface area (Å²) < 4.78 is 5.82. The monoisotopic (exact) mass is 509 g/mol. The Morgan fingerprint density at radius 2 is 2.06 bits per heavy atom. The highest BCUT2D eigenvalue weighted by Crippen LogP contribution is 2.31. The first kappa shape index (κ1) is 25.6. The minimum atomic E-state index is -0.323. The van der Waals surface area contributed by atoms with Crippen LogP contribution in [0.25, 0.3) is 10.9 Å². The number of carbonyl (C=O) groups excluding carboxylic acids is 1. The zero-order chi connectivity index (χ0) is 24.9. The molecule has 6 nitrogen and oxygen atoms in total. The number of fused-ring (bicyclic) bond motifs is 1. The Morgan fingerprint density at radius 3 is 2.78 bits per heavy atom. The van der Waals surface area contributed by atoms with Crippen LogP contribution >= 0.6 is 11.8 Å². The molecule has 1 N–H and O–H groups in total. The number of amides is 1. The molecule has 0 bridgehead atoms. The van der Waals surface area contributed by atoms with Crippen LogP contribution in [0, 0.1) is 0 Å². The van der Waals surface area contributed by atoms with Gasteiger partial charge in [-0.15, -0.1) is 11.8 Å². The van der Waals surface area contributed by atoms with Gasteiger partial charge in [0.1, 0.15) is 11.9 Å². The third-order valence-corrected chi connectivity index (χ3v) is 8.54. The van der Waals surface area contributed by atoms with Crippen LogP contribution in [-0.2, 0) is 16.1 Å². The van der Waals surface area contributed by atoms with E-state index in [9.17, 15) is 9.90 Å². The molecule has 2 saturated heterocycles. The quantitative estimate of drug-likeness (QED) is 0.384. The van der Waals surface area contributed by atoms with Gasteiger partial charge >= 0.3 is 0 Å². The van der Waals surface area contributed by atoms with Crippen LogP contribution in [0.2, 0.25) is 0 Å². The highest BCUT2D eigenvalue weighted by Gasteiger charge is 2.30. The lowest BCUT2D eigenvalue weighted by Crippen LogP contribution is -2.40. The number of nitrogens with zero attached hydrogens (tertiary/aromatic N) is 3. The molecule has 0 radical (unpaired) electrons. The molecule has 1 aromatic heterocycles. The van der Waals surface area contributed by atoms with E-state index in [0.29, 0.717) is 19.7 Å². The number of piperidine rings is 1. The van der Waals surface area contributed by atoms with E-state index < -0.39 is 0 Å². The van der Waals surface area contributed by atoms with E-state index in [1.807, 2.05) is 4.90 Å². The summed E-state index contributed by atoms with van der Waals surface area (Å²) in [6.45, 7) is 3.48. The number of allylic oxidation sites excluding steroid dienone is 1. The molecule has 7 heteroatoms. The second-order valence-corrected chi connectivity index (χ2v) is 11.2. The maximum Gasteiger partial charge on any atom is 0.252 e. The number of aliphatic hydroxyl groups is 1. The minimum Gasteiger partial charge on any atom is -0.393 e. The Hall–Kier alpha value is -2.09. The Bertz CT molecular complexity index is 1090. The van der Waals surface area contributed by atoms with Crippen molar-refractivity contribution in [2.45, 2.75) is 81.4 Å². The average Bonchev–Trinajstić information content (AvgIpc) is 3.46. The van der Waals surface area contributed by atoms with Crippen LogP contribution in [0.5, 0.6) is 0 Å². The third-order valence-electron chi connectivity index (χ3n) is 7.81. The number of hydrogen-bond acceptors (Lipinski definition) is 6. The molecular weight excluding hydrogens is 470 g/mol. The van der Waals surface area contributed by atoms with Crippen LogP contribution in [-0.4, -0.2) is 65.6 Å². The molecule has 2 aromatic rings. The van der Waals surface area contributed by atoms with Crippen molar-refractivity contribution in [3.8, 4) is 0 Å². The Morgan fingerprint density at radius 1 is 1.19 bits per heavy atom. The first-order valence-electron chi connectivity index (χ1n) is 13.6. The number of aliphatic hydroxyl groups excluding tert-OH is 1. The molecule has 1 amide bonds. The van der Waals surface area contributed by atoms with Gasteiger partial charge in [0.15, 0.2) is 0 Å². The molecule has 2 aliphatic heterocycles. The third kappa shape index (κ3) is 6.06. The van der Waals surface area contributed by atoms with E-state index in [2.05, 4.69) is 41.5 Å². The van der Waals surface area contributed by atoms with Crippen LogP contribution in [0.15, 0.2) is 40.8 Å².